The Balaban J connectivity index is 2.35. The van der Waals surface area contributed by atoms with Crippen LogP contribution in [0.5, 0.6) is 0 Å². The summed E-state index contributed by atoms with van der Waals surface area (Å²) in [5.41, 5.74) is 6.91. The highest BCUT2D eigenvalue weighted by Gasteiger charge is 2.16. The summed E-state index contributed by atoms with van der Waals surface area (Å²) in [5, 5.41) is 3.47. The monoisotopic (exact) mass is 253 g/mol. The minimum atomic E-state index is -3.67. The van der Waals surface area contributed by atoms with Crippen molar-refractivity contribution < 1.29 is 12.9 Å². The molecule has 0 aliphatic carbocycles. The van der Waals surface area contributed by atoms with Crippen LogP contribution in [0.4, 0.5) is 11.5 Å². The molecule has 0 aliphatic heterocycles. The van der Waals surface area contributed by atoms with Crippen LogP contribution in [0.15, 0.2) is 39.9 Å². The number of nitrogens with zero attached hydrogens (tertiary/aromatic N) is 1. The lowest BCUT2D eigenvalue weighted by Crippen LogP contribution is -2.13. The average molecular weight is 253 g/mol. The standard InChI is InChI=1S/C10H11N3O3S/c1-7-2-3-8(6-9(7)11)17(14,15)13-10-4-5-16-12-10/h2-6H,11H2,1H3,(H,12,13). The van der Waals surface area contributed by atoms with E-state index in [-0.39, 0.29) is 10.7 Å². The summed E-state index contributed by atoms with van der Waals surface area (Å²) < 4.78 is 30.6. The lowest BCUT2D eigenvalue weighted by molar-refractivity contribution is 0.423. The van der Waals surface area contributed by atoms with E-state index >= 15 is 0 Å². The van der Waals surface area contributed by atoms with E-state index in [4.69, 9.17) is 5.73 Å². The van der Waals surface area contributed by atoms with E-state index in [2.05, 4.69) is 14.4 Å². The Morgan fingerprint density at radius 1 is 1.35 bits per heavy atom. The Morgan fingerprint density at radius 2 is 2.12 bits per heavy atom. The minimum Gasteiger partial charge on any atom is -0.398 e. The fourth-order valence-electron chi connectivity index (χ4n) is 1.25. The van der Waals surface area contributed by atoms with Crippen molar-refractivity contribution in [3.05, 3.63) is 36.1 Å². The third-order valence-electron chi connectivity index (χ3n) is 2.24. The number of nitrogens with one attached hydrogen (secondary N) is 1. The molecule has 2 aromatic rings. The third kappa shape index (κ3) is 2.39. The van der Waals surface area contributed by atoms with Gasteiger partial charge in [0.1, 0.15) is 6.26 Å². The predicted molar refractivity (Wildman–Crippen MR) is 62.9 cm³/mol. The number of aryl methyl sites for hydroxylation is 1. The van der Waals surface area contributed by atoms with Gasteiger partial charge in [0, 0.05) is 11.8 Å². The number of sulfonamides is 1. The Kier molecular flexibility index (Phi) is 2.76. The number of hydrogen-bond acceptors (Lipinski definition) is 5. The van der Waals surface area contributed by atoms with Gasteiger partial charge in [0.05, 0.1) is 4.90 Å². The normalized spacial score (nSPS) is 11.4. The smallest absolute Gasteiger partial charge is 0.263 e. The molecule has 2 rings (SSSR count). The zero-order valence-corrected chi connectivity index (χ0v) is 9.86. The van der Waals surface area contributed by atoms with Gasteiger partial charge in [-0.2, -0.15) is 0 Å². The van der Waals surface area contributed by atoms with Gasteiger partial charge in [-0.15, -0.1) is 0 Å². The van der Waals surface area contributed by atoms with E-state index in [1.165, 1.54) is 24.5 Å². The number of aromatic nitrogens is 1. The van der Waals surface area contributed by atoms with E-state index in [1.807, 2.05) is 0 Å². The maximum absolute atomic E-state index is 11.9. The molecule has 0 saturated heterocycles. The highest BCUT2D eigenvalue weighted by Crippen LogP contribution is 2.19. The number of benzene rings is 1. The first-order chi connectivity index (χ1) is 7.99. The Hall–Kier alpha value is -2.02. The van der Waals surface area contributed by atoms with Gasteiger partial charge in [-0.3, -0.25) is 4.72 Å². The summed E-state index contributed by atoms with van der Waals surface area (Å²) in [6.45, 7) is 1.80. The molecule has 1 heterocycles. The van der Waals surface area contributed by atoms with Gasteiger partial charge in [0.15, 0.2) is 5.82 Å². The molecule has 7 heteroatoms. The molecular formula is C10H11N3O3S. The average Bonchev–Trinajstić information content (AvgIpc) is 2.73. The predicted octanol–water partition coefficient (Wildman–Crippen LogP) is 1.37. The number of rotatable bonds is 3. The number of nitrogen functional groups attached to an aromatic ring is 1. The fraction of sp³-hybridized carbons (Fsp3) is 0.100. The van der Waals surface area contributed by atoms with Gasteiger partial charge in [0.25, 0.3) is 10.0 Å². The van der Waals surface area contributed by atoms with Crippen LogP contribution in [-0.4, -0.2) is 13.6 Å². The quantitative estimate of drug-likeness (QED) is 0.805. The maximum Gasteiger partial charge on any atom is 0.263 e. The molecule has 1 aromatic heterocycles. The van der Waals surface area contributed by atoms with Crippen LogP contribution < -0.4 is 10.5 Å². The van der Waals surface area contributed by atoms with Gasteiger partial charge in [-0.1, -0.05) is 11.2 Å². The lowest BCUT2D eigenvalue weighted by atomic mass is 10.2. The topological polar surface area (TPSA) is 98.2 Å². The maximum atomic E-state index is 11.9. The van der Waals surface area contributed by atoms with Gasteiger partial charge in [0.2, 0.25) is 0 Å². The number of hydrogen-bond donors (Lipinski definition) is 2. The van der Waals surface area contributed by atoms with Gasteiger partial charge in [-0.05, 0) is 24.6 Å². The second-order valence-corrected chi connectivity index (χ2v) is 5.19. The SMILES string of the molecule is Cc1ccc(S(=O)(=O)Nc2ccon2)cc1N. The molecule has 6 nitrogen and oxygen atoms in total. The highest BCUT2D eigenvalue weighted by atomic mass is 32.2. The zero-order chi connectivity index (χ0) is 12.5. The van der Waals surface area contributed by atoms with Crippen LogP contribution in [0.25, 0.3) is 0 Å². The van der Waals surface area contributed by atoms with E-state index in [9.17, 15) is 8.42 Å². The Morgan fingerprint density at radius 3 is 2.71 bits per heavy atom. The molecule has 0 bridgehead atoms. The Bertz CT molecular complexity index is 620. The molecule has 1 aromatic carbocycles. The van der Waals surface area contributed by atoms with Crippen molar-refractivity contribution in [2.45, 2.75) is 11.8 Å². The van der Waals surface area contributed by atoms with Crippen molar-refractivity contribution in [3.63, 3.8) is 0 Å². The molecule has 0 fully saturated rings. The number of nitrogens with two attached hydrogens (primary N) is 1. The van der Waals surface area contributed by atoms with Gasteiger partial charge < -0.3 is 10.3 Å². The molecule has 0 spiro atoms. The molecular weight excluding hydrogens is 242 g/mol. The van der Waals surface area contributed by atoms with Crippen LogP contribution in [0.3, 0.4) is 0 Å². The third-order valence-corrected chi connectivity index (χ3v) is 3.59. The van der Waals surface area contributed by atoms with Crippen LogP contribution in [0.1, 0.15) is 5.56 Å². The fourth-order valence-corrected chi connectivity index (χ4v) is 2.28. The lowest BCUT2D eigenvalue weighted by Gasteiger charge is -2.06. The zero-order valence-electron chi connectivity index (χ0n) is 9.04. The molecule has 17 heavy (non-hydrogen) atoms. The molecule has 3 N–H and O–H groups in total. The molecule has 0 radical (unpaired) electrons. The van der Waals surface area contributed by atoms with Crippen LogP contribution in [-0.2, 0) is 10.0 Å². The summed E-state index contributed by atoms with van der Waals surface area (Å²) in [7, 11) is -3.67. The first kappa shape index (κ1) is 11.5. The molecule has 0 saturated carbocycles. The van der Waals surface area contributed by atoms with Crippen LogP contribution in [0.2, 0.25) is 0 Å². The van der Waals surface area contributed by atoms with Crippen molar-refractivity contribution >= 4 is 21.5 Å². The second kappa shape index (κ2) is 4.10. The molecule has 0 amide bonds. The van der Waals surface area contributed by atoms with Crippen molar-refractivity contribution in [2.75, 3.05) is 10.5 Å². The summed E-state index contributed by atoms with van der Waals surface area (Å²) >= 11 is 0. The van der Waals surface area contributed by atoms with E-state index in [0.717, 1.165) is 5.56 Å². The molecule has 0 aliphatic rings. The van der Waals surface area contributed by atoms with Crippen molar-refractivity contribution in [3.8, 4) is 0 Å². The summed E-state index contributed by atoms with van der Waals surface area (Å²) in [6, 6.07) is 5.94. The largest absolute Gasteiger partial charge is 0.398 e. The summed E-state index contributed by atoms with van der Waals surface area (Å²) in [6.07, 6.45) is 1.28. The van der Waals surface area contributed by atoms with Gasteiger partial charge >= 0.3 is 0 Å². The number of anilines is 2. The Labute approximate surface area is 98.5 Å². The van der Waals surface area contributed by atoms with E-state index in [1.54, 1.807) is 13.0 Å². The van der Waals surface area contributed by atoms with Crippen LogP contribution in [0, 0.1) is 6.92 Å². The highest BCUT2D eigenvalue weighted by molar-refractivity contribution is 7.92. The summed E-state index contributed by atoms with van der Waals surface area (Å²) in [5.74, 6) is 0.129. The van der Waals surface area contributed by atoms with Crippen molar-refractivity contribution in [1.82, 2.24) is 5.16 Å². The molecule has 0 unspecified atom stereocenters. The molecule has 0 atom stereocenters. The van der Waals surface area contributed by atoms with E-state index in [0.29, 0.717) is 5.69 Å². The first-order valence-electron chi connectivity index (χ1n) is 4.78. The summed E-state index contributed by atoms with van der Waals surface area (Å²) in [4.78, 5) is 0.0867. The first-order valence-corrected chi connectivity index (χ1v) is 6.27. The van der Waals surface area contributed by atoms with Crippen molar-refractivity contribution in [1.29, 1.82) is 0 Å². The van der Waals surface area contributed by atoms with E-state index < -0.39 is 10.0 Å². The van der Waals surface area contributed by atoms with Crippen molar-refractivity contribution in [2.24, 2.45) is 0 Å². The molecule has 90 valence electrons. The van der Waals surface area contributed by atoms with Crippen LogP contribution >= 0.6 is 0 Å². The minimum absolute atomic E-state index is 0.0867. The second-order valence-electron chi connectivity index (χ2n) is 3.51. The van der Waals surface area contributed by atoms with Gasteiger partial charge in [-0.25, -0.2) is 8.42 Å².